The van der Waals surface area contributed by atoms with Crippen molar-refractivity contribution in [3.05, 3.63) is 51.7 Å². The van der Waals surface area contributed by atoms with Crippen molar-refractivity contribution in [2.24, 2.45) is 0 Å². The third kappa shape index (κ3) is 3.03. The van der Waals surface area contributed by atoms with Crippen LogP contribution in [0.3, 0.4) is 0 Å². The van der Waals surface area contributed by atoms with Crippen LogP contribution in [0, 0.1) is 6.92 Å². The summed E-state index contributed by atoms with van der Waals surface area (Å²) in [6.07, 6.45) is 1.49. The van der Waals surface area contributed by atoms with Gasteiger partial charge in [-0.1, -0.05) is 37.3 Å². The van der Waals surface area contributed by atoms with Crippen molar-refractivity contribution >= 4 is 17.2 Å². The van der Waals surface area contributed by atoms with Crippen molar-refractivity contribution in [1.82, 2.24) is 24.6 Å². The summed E-state index contributed by atoms with van der Waals surface area (Å²) in [4.78, 5) is 20.2. The number of carbonyl (C=O) groups is 1. The number of rotatable bonds is 3. The van der Waals surface area contributed by atoms with Gasteiger partial charge in [-0.2, -0.15) is 0 Å². The molecule has 0 aliphatic carbocycles. The molecular weight excluding hydrogens is 346 g/mol. The fourth-order valence-corrected chi connectivity index (χ4v) is 4.32. The van der Waals surface area contributed by atoms with Crippen molar-refractivity contribution in [3.8, 4) is 11.4 Å². The number of hydrogen-bond donors (Lipinski definition) is 0. The first kappa shape index (κ1) is 16.9. The minimum absolute atomic E-state index is 0.0902. The number of aromatic nitrogens is 4. The van der Waals surface area contributed by atoms with Crippen LogP contribution in [0.5, 0.6) is 0 Å². The molecule has 7 heteroatoms. The minimum atomic E-state index is 0.0902. The van der Waals surface area contributed by atoms with Crippen molar-refractivity contribution in [3.63, 3.8) is 0 Å². The predicted molar refractivity (Wildman–Crippen MR) is 101 cm³/mol. The highest BCUT2D eigenvalue weighted by atomic mass is 32.1. The number of nitrogens with zero attached hydrogens (tertiary/aromatic N) is 5. The summed E-state index contributed by atoms with van der Waals surface area (Å²) in [7, 11) is 0. The molecule has 6 nitrogen and oxygen atoms in total. The van der Waals surface area contributed by atoms with Gasteiger partial charge in [0, 0.05) is 31.6 Å². The van der Waals surface area contributed by atoms with Gasteiger partial charge in [-0.15, -0.1) is 21.5 Å². The zero-order valence-electron chi connectivity index (χ0n) is 15.0. The van der Waals surface area contributed by atoms with E-state index < -0.39 is 0 Å². The molecule has 1 amide bonds. The fraction of sp³-hybridized carbons (Fsp3) is 0.368. The number of thiazole rings is 1. The van der Waals surface area contributed by atoms with E-state index in [0.717, 1.165) is 39.2 Å². The Hall–Kier alpha value is -2.54. The van der Waals surface area contributed by atoms with Crippen molar-refractivity contribution < 1.29 is 4.79 Å². The molecule has 0 unspecified atom stereocenters. The van der Waals surface area contributed by atoms with Crippen LogP contribution in [0.2, 0.25) is 0 Å². The smallest absolute Gasteiger partial charge is 0.265 e. The largest absolute Gasteiger partial charge is 0.336 e. The Balaban J connectivity index is 1.57. The summed E-state index contributed by atoms with van der Waals surface area (Å²) in [6.45, 7) is 6.02. The van der Waals surface area contributed by atoms with Gasteiger partial charge < -0.3 is 9.47 Å². The topological polar surface area (TPSA) is 63.9 Å². The number of hydrogen-bond acceptors (Lipinski definition) is 5. The Labute approximate surface area is 156 Å². The van der Waals surface area contributed by atoms with E-state index in [-0.39, 0.29) is 5.91 Å². The summed E-state index contributed by atoms with van der Waals surface area (Å²) in [5.74, 6) is 1.90. The molecule has 0 N–H and O–H groups in total. The van der Waals surface area contributed by atoms with E-state index in [1.54, 1.807) is 0 Å². The monoisotopic (exact) mass is 367 g/mol. The van der Waals surface area contributed by atoms with Gasteiger partial charge in [0.25, 0.3) is 5.91 Å². The Kier molecular flexibility index (Phi) is 4.55. The molecule has 0 spiro atoms. The van der Waals surface area contributed by atoms with Crippen LogP contribution < -0.4 is 0 Å². The van der Waals surface area contributed by atoms with Gasteiger partial charge in [-0.25, -0.2) is 4.98 Å². The van der Waals surface area contributed by atoms with E-state index in [0.29, 0.717) is 26.1 Å². The first-order valence-corrected chi connectivity index (χ1v) is 9.72. The van der Waals surface area contributed by atoms with Crippen LogP contribution in [0.1, 0.15) is 33.1 Å². The first-order valence-electron chi connectivity index (χ1n) is 8.90. The second kappa shape index (κ2) is 6.99. The standard InChI is InChI=1S/C19H21N5OS/c1-3-15-17(26-13(2)20-15)19(25)23-10-9-16-21-22-18(24(16)12-11-23)14-7-5-4-6-8-14/h4-8H,3,9-12H2,1-2H3. The molecule has 0 saturated heterocycles. The highest BCUT2D eigenvalue weighted by Gasteiger charge is 2.25. The van der Waals surface area contributed by atoms with E-state index in [1.807, 2.05) is 49.1 Å². The lowest BCUT2D eigenvalue weighted by Crippen LogP contribution is -2.33. The Morgan fingerprint density at radius 2 is 1.96 bits per heavy atom. The summed E-state index contributed by atoms with van der Waals surface area (Å²) < 4.78 is 2.14. The average molecular weight is 367 g/mol. The molecule has 134 valence electrons. The highest BCUT2D eigenvalue weighted by Crippen LogP contribution is 2.23. The Bertz CT molecular complexity index is 931. The lowest BCUT2D eigenvalue weighted by Gasteiger charge is -2.19. The second-order valence-corrected chi connectivity index (χ2v) is 7.57. The summed E-state index contributed by atoms with van der Waals surface area (Å²) in [5.41, 5.74) is 1.96. The molecule has 0 fully saturated rings. The fourth-order valence-electron chi connectivity index (χ4n) is 3.35. The lowest BCUT2D eigenvalue weighted by molar-refractivity contribution is 0.0762. The number of amides is 1. The zero-order valence-corrected chi connectivity index (χ0v) is 15.8. The molecule has 3 aromatic rings. The van der Waals surface area contributed by atoms with Gasteiger partial charge in [0.2, 0.25) is 0 Å². The maximum absolute atomic E-state index is 13.0. The maximum atomic E-state index is 13.0. The van der Waals surface area contributed by atoms with Gasteiger partial charge in [0.15, 0.2) is 5.82 Å². The molecule has 0 atom stereocenters. The third-order valence-electron chi connectivity index (χ3n) is 4.68. The second-order valence-electron chi connectivity index (χ2n) is 6.36. The van der Waals surface area contributed by atoms with E-state index in [4.69, 9.17) is 0 Å². The third-order valence-corrected chi connectivity index (χ3v) is 5.68. The van der Waals surface area contributed by atoms with Crippen LogP contribution in [0.15, 0.2) is 30.3 Å². The molecule has 2 aromatic heterocycles. The molecule has 26 heavy (non-hydrogen) atoms. The van der Waals surface area contributed by atoms with Gasteiger partial charge in [0.05, 0.1) is 10.7 Å². The molecule has 1 aromatic carbocycles. The number of carbonyl (C=O) groups excluding carboxylic acids is 1. The first-order chi connectivity index (χ1) is 12.7. The summed E-state index contributed by atoms with van der Waals surface area (Å²) in [6, 6.07) is 10.1. The molecular formula is C19H21N5OS. The normalized spacial score (nSPS) is 14.2. The van der Waals surface area contributed by atoms with Crippen molar-refractivity contribution in [2.75, 3.05) is 13.1 Å². The quantitative estimate of drug-likeness (QED) is 0.714. The Morgan fingerprint density at radius 1 is 1.15 bits per heavy atom. The predicted octanol–water partition coefficient (Wildman–Crippen LogP) is 2.97. The maximum Gasteiger partial charge on any atom is 0.265 e. The molecule has 0 bridgehead atoms. The van der Waals surface area contributed by atoms with E-state index in [1.165, 1.54) is 11.3 Å². The van der Waals surface area contributed by atoms with Crippen LogP contribution in [0.25, 0.3) is 11.4 Å². The minimum Gasteiger partial charge on any atom is -0.336 e. The van der Waals surface area contributed by atoms with Crippen LogP contribution in [-0.4, -0.2) is 43.6 Å². The van der Waals surface area contributed by atoms with Crippen LogP contribution in [-0.2, 0) is 19.4 Å². The molecule has 1 aliphatic heterocycles. The molecule has 3 heterocycles. The SMILES string of the molecule is CCc1nc(C)sc1C(=O)N1CCc2nnc(-c3ccccc3)n2CC1. The average Bonchev–Trinajstić information content (AvgIpc) is 3.18. The highest BCUT2D eigenvalue weighted by molar-refractivity contribution is 7.13. The van der Waals surface area contributed by atoms with E-state index in [2.05, 4.69) is 19.7 Å². The Morgan fingerprint density at radius 3 is 2.73 bits per heavy atom. The number of aryl methyl sites for hydroxylation is 2. The van der Waals surface area contributed by atoms with Crippen LogP contribution in [0.4, 0.5) is 0 Å². The number of benzene rings is 1. The van der Waals surface area contributed by atoms with Crippen LogP contribution >= 0.6 is 11.3 Å². The lowest BCUT2D eigenvalue weighted by atomic mass is 10.2. The van der Waals surface area contributed by atoms with Gasteiger partial charge >= 0.3 is 0 Å². The summed E-state index contributed by atoms with van der Waals surface area (Å²) in [5, 5.41) is 9.68. The molecule has 0 saturated carbocycles. The van der Waals surface area contributed by atoms with E-state index >= 15 is 0 Å². The van der Waals surface area contributed by atoms with Gasteiger partial charge in [-0.05, 0) is 13.3 Å². The van der Waals surface area contributed by atoms with E-state index in [9.17, 15) is 4.79 Å². The van der Waals surface area contributed by atoms with Gasteiger partial charge in [-0.3, -0.25) is 4.79 Å². The zero-order chi connectivity index (χ0) is 18.1. The molecule has 0 radical (unpaired) electrons. The van der Waals surface area contributed by atoms with Gasteiger partial charge in [0.1, 0.15) is 10.7 Å². The van der Waals surface area contributed by atoms with Crippen molar-refractivity contribution in [2.45, 2.75) is 33.2 Å². The summed E-state index contributed by atoms with van der Waals surface area (Å²) >= 11 is 1.50. The molecule has 1 aliphatic rings. The molecule has 4 rings (SSSR count). The van der Waals surface area contributed by atoms with Crippen molar-refractivity contribution in [1.29, 1.82) is 0 Å². The number of fused-ring (bicyclic) bond motifs is 1.